The van der Waals surface area contributed by atoms with Crippen LogP contribution in [0.1, 0.15) is 18.2 Å². The fourth-order valence-corrected chi connectivity index (χ4v) is 2.83. The van der Waals surface area contributed by atoms with Crippen LogP contribution in [0.15, 0.2) is 12.1 Å². The highest BCUT2D eigenvalue weighted by Crippen LogP contribution is 2.26. The molecule has 0 amide bonds. The molecule has 1 unspecified atom stereocenters. The Labute approximate surface area is 112 Å². The molecule has 1 aromatic heterocycles. The third kappa shape index (κ3) is 6.38. The molecule has 0 aliphatic carbocycles. The minimum Gasteiger partial charge on any atom is -0.390 e. The van der Waals surface area contributed by atoms with E-state index in [0.717, 1.165) is 22.3 Å². The van der Waals surface area contributed by atoms with Crippen LogP contribution in [0.25, 0.3) is 0 Å². The molecule has 0 aromatic carbocycles. The van der Waals surface area contributed by atoms with Gasteiger partial charge in [-0.2, -0.15) is 0 Å². The van der Waals surface area contributed by atoms with Crippen molar-refractivity contribution in [2.24, 2.45) is 0 Å². The van der Waals surface area contributed by atoms with Crippen LogP contribution in [0.5, 0.6) is 0 Å². The zero-order valence-electron chi connectivity index (χ0n) is 10.3. The molecular weight excluding hydrogens is 258 g/mol. The number of methoxy groups -OCH3 is 1. The second-order valence-corrected chi connectivity index (χ2v) is 6.17. The number of halogens is 1. The van der Waals surface area contributed by atoms with E-state index in [4.69, 9.17) is 16.3 Å². The number of aliphatic hydroxyl groups is 1. The predicted octanol–water partition coefficient (Wildman–Crippen LogP) is 2.32. The summed E-state index contributed by atoms with van der Waals surface area (Å²) in [6.07, 6.45) is 1.36. The number of hydrogen-bond donors (Lipinski definition) is 2. The molecule has 98 valence electrons. The van der Waals surface area contributed by atoms with Gasteiger partial charge in [0.15, 0.2) is 0 Å². The SMILES string of the molecule is COCCNCCC(C)(O)Cc1ccc(Cl)s1. The van der Waals surface area contributed by atoms with Gasteiger partial charge in [0, 0.05) is 25.0 Å². The molecule has 0 fully saturated rings. The summed E-state index contributed by atoms with van der Waals surface area (Å²) in [5.41, 5.74) is -0.686. The lowest BCUT2D eigenvalue weighted by atomic mass is 9.97. The molecule has 0 saturated carbocycles. The van der Waals surface area contributed by atoms with Crippen molar-refractivity contribution >= 4 is 22.9 Å². The summed E-state index contributed by atoms with van der Waals surface area (Å²) in [6.45, 7) is 4.16. The summed E-state index contributed by atoms with van der Waals surface area (Å²) in [5, 5.41) is 13.5. The standard InChI is InChI=1S/C12H20ClNO2S/c1-12(15,5-6-14-7-8-16-2)9-10-3-4-11(13)17-10/h3-4,14-15H,5-9H2,1-2H3. The van der Waals surface area contributed by atoms with Gasteiger partial charge < -0.3 is 15.2 Å². The van der Waals surface area contributed by atoms with Crippen molar-refractivity contribution < 1.29 is 9.84 Å². The lowest BCUT2D eigenvalue weighted by Crippen LogP contribution is -2.32. The number of rotatable bonds is 8. The van der Waals surface area contributed by atoms with E-state index in [0.29, 0.717) is 19.4 Å². The molecule has 1 rings (SSSR count). The Morgan fingerprint density at radius 2 is 2.24 bits per heavy atom. The molecule has 1 heterocycles. The van der Waals surface area contributed by atoms with E-state index in [-0.39, 0.29) is 0 Å². The van der Waals surface area contributed by atoms with Gasteiger partial charge in [-0.15, -0.1) is 11.3 Å². The van der Waals surface area contributed by atoms with Crippen molar-refractivity contribution in [3.63, 3.8) is 0 Å². The Balaban J connectivity index is 2.25. The molecule has 1 atom stereocenters. The fourth-order valence-electron chi connectivity index (χ4n) is 1.57. The van der Waals surface area contributed by atoms with Crippen molar-refractivity contribution in [2.75, 3.05) is 26.8 Å². The molecule has 2 N–H and O–H groups in total. The number of thiophene rings is 1. The third-order valence-electron chi connectivity index (χ3n) is 2.51. The van der Waals surface area contributed by atoms with Crippen molar-refractivity contribution in [2.45, 2.75) is 25.4 Å². The molecule has 0 saturated heterocycles. The Morgan fingerprint density at radius 1 is 1.47 bits per heavy atom. The van der Waals surface area contributed by atoms with Crippen LogP contribution < -0.4 is 5.32 Å². The second kappa shape index (κ2) is 7.34. The maximum absolute atomic E-state index is 10.2. The van der Waals surface area contributed by atoms with E-state index < -0.39 is 5.60 Å². The van der Waals surface area contributed by atoms with Crippen molar-refractivity contribution in [3.8, 4) is 0 Å². The van der Waals surface area contributed by atoms with Crippen LogP contribution in [0.4, 0.5) is 0 Å². The highest BCUT2D eigenvalue weighted by Gasteiger charge is 2.21. The van der Waals surface area contributed by atoms with Crippen LogP contribution in [0.3, 0.4) is 0 Å². The van der Waals surface area contributed by atoms with Crippen LogP contribution >= 0.6 is 22.9 Å². The van der Waals surface area contributed by atoms with Gasteiger partial charge in [-0.1, -0.05) is 11.6 Å². The minimum atomic E-state index is -0.686. The second-order valence-electron chi connectivity index (χ2n) is 4.37. The molecule has 0 aliphatic rings. The van der Waals surface area contributed by atoms with Gasteiger partial charge in [0.25, 0.3) is 0 Å². The van der Waals surface area contributed by atoms with Gasteiger partial charge in [-0.3, -0.25) is 0 Å². The molecule has 17 heavy (non-hydrogen) atoms. The molecular formula is C12H20ClNO2S. The van der Waals surface area contributed by atoms with Gasteiger partial charge in [0.05, 0.1) is 16.5 Å². The van der Waals surface area contributed by atoms with Gasteiger partial charge in [-0.05, 0) is 32.0 Å². The maximum Gasteiger partial charge on any atom is 0.0931 e. The first-order valence-corrected chi connectivity index (χ1v) is 6.89. The summed E-state index contributed by atoms with van der Waals surface area (Å²) < 4.78 is 5.71. The fraction of sp³-hybridized carbons (Fsp3) is 0.667. The average molecular weight is 278 g/mol. The average Bonchev–Trinajstić information content (AvgIpc) is 2.62. The Kier molecular flexibility index (Phi) is 6.44. The lowest BCUT2D eigenvalue weighted by molar-refractivity contribution is 0.0518. The first kappa shape index (κ1) is 14.9. The van der Waals surface area contributed by atoms with E-state index in [1.165, 1.54) is 11.3 Å². The van der Waals surface area contributed by atoms with Crippen molar-refractivity contribution in [1.29, 1.82) is 0 Å². The maximum atomic E-state index is 10.2. The molecule has 1 aromatic rings. The lowest BCUT2D eigenvalue weighted by Gasteiger charge is -2.22. The van der Waals surface area contributed by atoms with Crippen molar-refractivity contribution in [1.82, 2.24) is 5.32 Å². The van der Waals surface area contributed by atoms with Gasteiger partial charge in [0.1, 0.15) is 0 Å². The zero-order valence-corrected chi connectivity index (χ0v) is 11.9. The summed E-state index contributed by atoms with van der Waals surface area (Å²) >= 11 is 7.39. The summed E-state index contributed by atoms with van der Waals surface area (Å²) in [6, 6.07) is 3.84. The van der Waals surface area contributed by atoms with Crippen LogP contribution in [-0.2, 0) is 11.2 Å². The molecule has 0 bridgehead atoms. The largest absolute Gasteiger partial charge is 0.390 e. The zero-order chi connectivity index (χ0) is 12.7. The van der Waals surface area contributed by atoms with Crippen LogP contribution in [-0.4, -0.2) is 37.5 Å². The van der Waals surface area contributed by atoms with Gasteiger partial charge in [0.2, 0.25) is 0 Å². The predicted molar refractivity (Wildman–Crippen MR) is 73.0 cm³/mol. The van der Waals surface area contributed by atoms with Crippen LogP contribution in [0.2, 0.25) is 4.34 Å². The van der Waals surface area contributed by atoms with E-state index in [1.807, 2.05) is 19.1 Å². The van der Waals surface area contributed by atoms with E-state index in [2.05, 4.69) is 5.32 Å². The Morgan fingerprint density at radius 3 is 2.82 bits per heavy atom. The number of nitrogens with one attached hydrogen (secondary N) is 1. The smallest absolute Gasteiger partial charge is 0.0931 e. The molecule has 0 spiro atoms. The Hall–Kier alpha value is -0.130. The number of hydrogen-bond acceptors (Lipinski definition) is 4. The monoisotopic (exact) mass is 277 g/mol. The first-order chi connectivity index (χ1) is 8.03. The quantitative estimate of drug-likeness (QED) is 0.717. The van der Waals surface area contributed by atoms with Gasteiger partial charge in [-0.25, -0.2) is 0 Å². The van der Waals surface area contributed by atoms with E-state index in [9.17, 15) is 5.11 Å². The number of ether oxygens (including phenoxy) is 1. The van der Waals surface area contributed by atoms with E-state index in [1.54, 1.807) is 7.11 Å². The minimum absolute atomic E-state index is 0.649. The summed E-state index contributed by atoms with van der Waals surface area (Å²) in [5.74, 6) is 0. The Bertz CT molecular complexity index is 328. The molecule has 3 nitrogen and oxygen atoms in total. The molecule has 0 radical (unpaired) electrons. The highest BCUT2D eigenvalue weighted by atomic mass is 35.5. The summed E-state index contributed by atoms with van der Waals surface area (Å²) in [7, 11) is 1.68. The molecule has 5 heteroatoms. The topological polar surface area (TPSA) is 41.5 Å². The van der Waals surface area contributed by atoms with Crippen LogP contribution in [0, 0.1) is 0 Å². The van der Waals surface area contributed by atoms with Gasteiger partial charge >= 0.3 is 0 Å². The molecule has 0 aliphatic heterocycles. The third-order valence-corrected chi connectivity index (χ3v) is 3.74. The normalized spacial score (nSPS) is 14.8. The summed E-state index contributed by atoms with van der Waals surface area (Å²) in [4.78, 5) is 1.12. The first-order valence-electron chi connectivity index (χ1n) is 5.70. The highest BCUT2D eigenvalue weighted by molar-refractivity contribution is 7.16. The van der Waals surface area contributed by atoms with Crippen molar-refractivity contribution in [3.05, 3.63) is 21.3 Å². The van der Waals surface area contributed by atoms with E-state index >= 15 is 0 Å².